The number of hydrogen-bond acceptors (Lipinski definition) is 4. The Hall–Kier alpha value is -2.27. The Kier molecular flexibility index (Phi) is 2.97. The first kappa shape index (κ1) is 11.8. The normalized spacial score (nSPS) is 10.6. The van der Waals surface area contributed by atoms with E-state index in [2.05, 4.69) is 14.7 Å². The van der Waals surface area contributed by atoms with Crippen molar-refractivity contribution in [3.05, 3.63) is 53.2 Å². The fraction of sp³-hybridized carbons (Fsp3) is 0.0714. The number of nitrogens with zero attached hydrogens (tertiary/aromatic N) is 2. The molecule has 0 aliphatic carbocycles. The molecule has 3 rings (SSSR count). The quantitative estimate of drug-likeness (QED) is 0.777. The lowest BCUT2D eigenvalue weighted by Crippen LogP contribution is -2.12. The van der Waals surface area contributed by atoms with Gasteiger partial charge in [0.15, 0.2) is 0 Å². The van der Waals surface area contributed by atoms with E-state index in [1.165, 1.54) is 11.5 Å². The number of aryl methyl sites for hydroxylation is 1. The molecule has 1 aromatic carbocycles. The Bertz CT molecular complexity index is 746. The number of carbonyl (C=O) groups excluding carboxylic acids is 1. The maximum absolute atomic E-state index is 12.1. The monoisotopic (exact) mass is 269 g/mol. The maximum Gasteiger partial charge on any atom is 0.275 e. The van der Waals surface area contributed by atoms with Gasteiger partial charge in [0, 0.05) is 16.5 Å². The summed E-state index contributed by atoms with van der Waals surface area (Å²) >= 11 is 1.32. The molecule has 4 nitrogen and oxygen atoms in total. The average Bonchev–Trinajstić information content (AvgIpc) is 2.86. The molecular weight excluding hydrogens is 258 g/mol. The van der Waals surface area contributed by atoms with Crippen molar-refractivity contribution in [2.75, 3.05) is 5.32 Å². The van der Waals surface area contributed by atoms with Crippen molar-refractivity contribution in [3.8, 4) is 0 Å². The van der Waals surface area contributed by atoms with Crippen molar-refractivity contribution in [2.24, 2.45) is 0 Å². The summed E-state index contributed by atoms with van der Waals surface area (Å²) in [5, 5.41) is 3.85. The first-order valence-electron chi connectivity index (χ1n) is 5.82. The smallest absolute Gasteiger partial charge is 0.275 e. The van der Waals surface area contributed by atoms with E-state index in [4.69, 9.17) is 0 Å². The minimum atomic E-state index is -0.206. The SMILES string of the molecule is Cc1cc(C(=O)Nc2cccc3cccnc23)ns1. The summed E-state index contributed by atoms with van der Waals surface area (Å²) in [6.45, 7) is 1.92. The van der Waals surface area contributed by atoms with Crippen LogP contribution in [0.4, 0.5) is 5.69 Å². The predicted molar refractivity (Wildman–Crippen MR) is 76.5 cm³/mol. The Labute approximate surface area is 114 Å². The molecule has 0 aliphatic rings. The number of para-hydroxylation sites is 1. The number of nitrogens with one attached hydrogen (secondary N) is 1. The molecule has 2 aromatic heterocycles. The van der Waals surface area contributed by atoms with Gasteiger partial charge in [0.25, 0.3) is 5.91 Å². The van der Waals surface area contributed by atoms with Crippen LogP contribution >= 0.6 is 11.5 Å². The maximum atomic E-state index is 12.1. The third-order valence-corrected chi connectivity index (χ3v) is 3.44. The Morgan fingerprint density at radius 2 is 2.11 bits per heavy atom. The number of anilines is 1. The lowest BCUT2D eigenvalue weighted by Gasteiger charge is -2.06. The summed E-state index contributed by atoms with van der Waals surface area (Å²) in [5.74, 6) is -0.206. The number of benzene rings is 1. The van der Waals surface area contributed by atoms with Gasteiger partial charge >= 0.3 is 0 Å². The topological polar surface area (TPSA) is 54.9 Å². The molecule has 5 heteroatoms. The van der Waals surface area contributed by atoms with Gasteiger partial charge in [0.2, 0.25) is 0 Å². The van der Waals surface area contributed by atoms with Gasteiger partial charge in [-0.2, -0.15) is 4.37 Å². The van der Waals surface area contributed by atoms with E-state index >= 15 is 0 Å². The molecule has 0 atom stereocenters. The van der Waals surface area contributed by atoms with Crippen LogP contribution in [0.3, 0.4) is 0 Å². The zero-order valence-corrected chi connectivity index (χ0v) is 11.1. The van der Waals surface area contributed by atoms with Crippen LogP contribution < -0.4 is 5.32 Å². The van der Waals surface area contributed by atoms with Gasteiger partial charge in [0.1, 0.15) is 5.69 Å². The standard InChI is InChI=1S/C14H11N3OS/c1-9-8-12(17-19-9)14(18)16-11-6-2-4-10-5-3-7-15-13(10)11/h2-8H,1H3,(H,16,18). The molecule has 94 valence electrons. The Morgan fingerprint density at radius 1 is 1.26 bits per heavy atom. The van der Waals surface area contributed by atoms with Crippen molar-refractivity contribution in [1.29, 1.82) is 0 Å². The number of aromatic nitrogens is 2. The van der Waals surface area contributed by atoms with Crippen LogP contribution in [-0.4, -0.2) is 15.3 Å². The number of amides is 1. The van der Waals surface area contributed by atoms with Crippen LogP contribution in [0.1, 0.15) is 15.4 Å². The van der Waals surface area contributed by atoms with E-state index in [9.17, 15) is 4.79 Å². The fourth-order valence-electron chi connectivity index (χ4n) is 1.86. The van der Waals surface area contributed by atoms with Gasteiger partial charge < -0.3 is 5.32 Å². The zero-order chi connectivity index (χ0) is 13.2. The summed E-state index contributed by atoms with van der Waals surface area (Å²) in [5.41, 5.74) is 1.93. The van der Waals surface area contributed by atoms with Gasteiger partial charge in [-0.25, -0.2) is 0 Å². The Morgan fingerprint density at radius 3 is 2.89 bits per heavy atom. The second-order valence-corrected chi connectivity index (χ2v) is 5.17. The van der Waals surface area contributed by atoms with Crippen LogP contribution in [0, 0.1) is 6.92 Å². The molecule has 0 bridgehead atoms. The highest BCUT2D eigenvalue weighted by atomic mass is 32.1. The number of hydrogen-bond donors (Lipinski definition) is 1. The zero-order valence-electron chi connectivity index (χ0n) is 10.3. The van der Waals surface area contributed by atoms with Crippen molar-refractivity contribution >= 4 is 34.0 Å². The van der Waals surface area contributed by atoms with Crippen LogP contribution in [0.15, 0.2) is 42.6 Å². The van der Waals surface area contributed by atoms with Crippen molar-refractivity contribution in [2.45, 2.75) is 6.92 Å². The van der Waals surface area contributed by atoms with Crippen molar-refractivity contribution in [1.82, 2.24) is 9.36 Å². The van der Waals surface area contributed by atoms with Crippen LogP contribution in [-0.2, 0) is 0 Å². The first-order valence-corrected chi connectivity index (χ1v) is 6.60. The highest BCUT2D eigenvalue weighted by Crippen LogP contribution is 2.21. The predicted octanol–water partition coefficient (Wildman–Crippen LogP) is 3.25. The lowest BCUT2D eigenvalue weighted by molar-refractivity contribution is 0.102. The van der Waals surface area contributed by atoms with E-state index in [0.29, 0.717) is 11.4 Å². The lowest BCUT2D eigenvalue weighted by atomic mass is 10.2. The molecule has 19 heavy (non-hydrogen) atoms. The fourth-order valence-corrected chi connectivity index (χ4v) is 2.41. The molecule has 3 aromatic rings. The van der Waals surface area contributed by atoms with Crippen LogP contribution in [0.5, 0.6) is 0 Å². The molecule has 1 amide bonds. The Balaban J connectivity index is 1.95. The van der Waals surface area contributed by atoms with E-state index in [1.807, 2.05) is 37.3 Å². The second kappa shape index (κ2) is 4.78. The molecule has 0 radical (unpaired) electrons. The third-order valence-electron chi connectivity index (χ3n) is 2.74. The van der Waals surface area contributed by atoms with Gasteiger partial charge in [-0.15, -0.1) is 0 Å². The summed E-state index contributed by atoms with van der Waals surface area (Å²) in [6.07, 6.45) is 1.71. The summed E-state index contributed by atoms with van der Waals surface area (Å²) in [6, 6.07) is 11.3. The average molecular weight is 269 g/mol. The first-order chi connectivity index (χ1) is 9.24. The number of carbonyl (C=O) groups is 1. The highest BCUT2D eigenvalue weighted by Gasteiger charge is 2.11. The summed E-state index contributed by atoms with van der Waals surface area (Å²) < 4.78 is 4.10. The van der Waals surface area contributed by atoms with Gasteiger partial charge in [-0.3, -0.25) is 9.78 Å². The summed E-state index contributed by atoms with van der Waals surface area (Å²) in [4.78, 5) is 17.4. The van der Waals surface area contributed by atoms with Crippen molar-refractivity contribution in [3.63, 3.8) is 0 Å². The molecule has 0 aliphatic heterocycles. The molecule has 0 unspecified atom stereocenters. The minimum absolute atomic E-state index is 0.206. The number of rotatable bonds is 2. The van der Waals surface area contributed by atoms with E-state index in [-0.39, 0.29) is 5.91 Å². The molecular formula is C14H11N3OS. The van der Waals surface area contributed by atoms with Crippen LogP contribution in [0.2, 0.25) is 0 Å². The van der Waals surface area contributed by atoms with E-state index < -0.39 is 0 Å². The molecule has 0 saturated carbocycles. The van der Waals surface area contributed by atoms with Crippen LogP contribution in [0.25, 0.3) is 10.9 Å². The van der Waals surface area contributed by atoms with E-state index in [0.717, 1.165) is 15.8 Å². The number of fused-ring (bicyclic) bond motifs is 1. The summed E-state index contributed by atoms with van der Waals surface area (Å²) in [7, 11) is 0. The largest absolute Gasteiger partial charge is 0.319 e. The molecule has 1 N–H and O–H groups in total. The molecule has 0 saturated heterocycles. The molecule has 0 spiro atoms. The van der Waals surface area contributed by atoms with Crippen molar-refractivity contribution < 1.29 is 4.79 Å². The third kappa shape index (κ3) is 2.32. The van der Waals surface area contributed by atoms with Gasteiger partial charge in [0.05, 0.1) is 11.2 Å². The molecule has 2 heterocycles. The van der Waals surface area contributed by atoms with Gasteiger partial charge in [-0.05, 0) is 36.7 Å². The van der Waals surface area contributed by atoms with Gasteiger partial charge in [-0.1, -0.05) is 18.2 Å². The minimum Gasteiger partial charge on any atom is -0.319 e. The number of pyridine rings is 1. The molecule has 0 fully saturated rings. The second-order valence-electron chi connectivity index (χ2n) is 4.16. The highest BCUT2D eigenvalue weighted by molar-refractivity contribution is 7.05. The van der Waals surface area contributed by atoms with E-state index in [1.54, 1.807) is 12.3 Å².